The van der Waals surface area contributed by atoms with Crippen molar-refractivity contribution in [3.8, 4) is 11.5 Å². The molecule has 2 rings (SSSR count). The first kappa shape index (κ1) is 13.9. The molecule has 0 N–H and O–H groups in total. The second-order valence-electron chi connectivity index (χ2n) is 4.94. The van der Waals surface area contributed by atoms with Crippen LogP contribution in [-0.4, -0.2) is 19.0 Å². The summed E-state index contributed by atoms with van der Waals surface area (Å²) in [4.78, 5) is 11.5. The van der Waals surface area contributed by atoms with E-state index in [0.717, 1.165) is 24.3 Å². The van der Waals surface area contributed by atoms with Crippen LogP contribution in [0.4, 0.5) is 0 Å². The van der Waals surface area contributed by atoms with Gasteiger partial charge in [-0.2, -0.15) is 0 Å². The summed E-state index contributed by atoms with van der Waals surface area (Å²) in [7, 11) is 0. The number of hydrogen-bond acceptors (Lipinski definition) is 3. The molecule has 0 aliphatic carbocycles. The molecular formula is C16H22O3. The standard InChI is InChI=1S/C16H22O3/c1-3-12(5-7-14(17)4-2)13-6-8-15-16(11-13)19-10-9-18-15/h6,8,11-12H,3-5,7,9-10H2,1-2H3. The van der Waals surface area contributed by atoms with Crippen LogP contribution >= 0.6 is 0 Å². The van der Waals surface area contributed by atoms with Crippen LogP contribution in [-0.2, 0) is 4.79 Å². The van der Waals surface area contributed by atoms with E-state index in [1.165, 1.54) is 5.56 Å². The van der Waals surface area contributed by atoms with Crippen LogP contribution in [0.2, 0.25) is 0 Å². The second-order valence-corrected chi connectivity index (χ2v) is 4.94. The quantitative estimate of drug-likeness (QED) is 0.784. The third-order valence-electron chi connectivity index (χ3n) is 3.70. The summed E-state index contributed by atoms with van der Waals surface area (Å²) in [5.74, 6) is 2.43. The fraction of sp³-hybridized carbons (Fsp3) is 0.562. The van der Waals surface area contributed by atoms with Crippen molar-refractivity contribution in [1.82, 2.24) is 0 Å². The Bertz CT molecular complexity index is 440. The van der Waals surface area contributed by atoms with Crippen molar-refractivity contribution < 1.29 is 14.3 Å². The highest BCUT2D eigenvalue weighted by atomic mass is 16.6. The van der Waals surface area contributed by atoms with E-state index in [0.29, 0.717) is 37.8 Å². The zero-order valence-corrected chi connectivity index (χ0v) is 11.8. The first-order chi connectivity index (χ1) is 9.24. The molecule has 1 aromatic rings. The van der Waals surface area contributed by atoms with Gasteiger partial charge >= 0.3 is 0 Å². The molecule has 1 aliphatic heterocycles. The molecule has 1 aromatic carbocycles. The maximum atomic E-state index is 11.5. The molecule has 1 atom stereocenters. The molecule has 0 aromatic heterocycles. The molecule has 19 heavy (non-hydrogen) atoms. The number of benzene rings is 1. The lowest BCUT2D eigenvalue weighted by atomic mass is 9.90. The summed E-state index contributed by atoms with van der Waals surface area (Å²) in [5, 5.41) is 0. The average molecular weight is 262 g/mol. The van der Waals surface area contributed by atoms with Crippen molar-refractivity contribution in [3.63, 3.8) is 0 Å². The van der Waals surface area contributed by atoms with Gasteiger partial charge in [0, 0.05) is 12.8 Å². The minimum absolute atomic E-state index is 0.344. The molecule has 0 saturated heterocycles. The number of Topliss-reactive ketones (excluding diaryl/α,β-unsaturated/α-hetero) is 1. The molecule has 3 nitrogen and oxygen atoms in total. The number of carbonyl (C=O) groups excluding carboxylic acids is 1. The van der Waals surface area contributed by atoms with Gasteiger partial charge in [-0.1, -0.05) is 19.9 Å². The topological polar surface area (TPSA) is 35.5 Å². The Balaban J connectivity index is 2.07. The Morgan fingerprint density at radius 3 is 2.63 bits per heavy atom. The summed E-state index contributed by atoms with van der Waals surface area (Å²) in [6, 6.07) is 6.14. The summed E-state index contributed by atoms with van der Waals surface area (Å²) in [6.07, 6.45) is 3.26. The predicted molar refractivity (Wildman–Crippen MR) is 75.0 cm³/mol. The highest BCUT2D eigenvalue weighted by Crippen LogP contribution is 2.35. The molecule has 0 spiro atoms. The zero-order chi connectivity index (χ0) is 13.7. The van der Waals surface area contributed by atoms with Crippen LogP contribution in [0.1, 0.15) is 51.0 Å². The second kappa shape index (κ2) is 6.60. The highest BCUT2D eigenvalue weighted by molar-refractivity contribution is 5.78. The zero-order valence-electron chi connectivity index (χ0n) is 11.8. The van der Waals surface area contributed by atoms with Gasteiger partial charge in [-0.25, -0.2) is 0 Å². The lowest BCUT2D eigenvalue weighted by Crippen LogP contribution is -2.15. The molecule has 0 radical (unpaired) electrons. The van der Waals surface area contributed by atoms with E-state index in [2.05, 4.69) is 19.1 Å². The predicted octanol–water partition coefficient (Wildman–Crippen LogP) is 3.71. The van der Waals surface area contributed by atoms with Gasteiger partial charge in [0.2, 0.25) is 0 Å². The fourth-order valence-corrected chi connectivity index (χ4v) is 2.43. The summed E-state index contributed by atoms with van der Waals surface area (Å²) < 4.78 is 11.1. The molecule has 104 valence electrons. The Labute approximate surface area is 114 Å². The molecule has 0 amide bonds. The molecule has 0 fully saturated rings. The van der Waals surface area contributed by atoms with Crippen molar-refractivity contribution in [3.05, 3.63) is 23.8 Å². The van der Waals surface area contributed by atoms with Crippen LogP contribution in [0.5, 0.6) is 11.5 Å². The maximum Gasteiger partial charge on any atom is 0.161 e. The molecule has 0 bridgehead atoms. The van der Waals surface area contributed by atoms with Gasteiger partial charge < -0.3 is 9.47 Å². The van der Waals surface area contributed by atoms with Gasteiger partial charge in [0.05, 0.1) is 0 Å². The van der Waals surface area contributed by atoms with E-state index in [-0.39, 0.29) is 0 Å². The highest BCUT2D eigenvalue weighted by Gasteiger charge is 2.16. The summed E-state index contributed by atoms with van der Waals surface area (Å²) in [6.45, 7) is 5.32. The van der Waals surface area contributed by atoms with Crippen LogP contribution < -0.4 is 9.47 Å². The first-order valence-electron chi connectivity index (χ1n) is 7.15. The minimum atomic E-state index is 0.344. The Morgan fingerprint density at radius 2 is 1.95 bits per heavy atom. The van der Waals surface area contributed by atoms with E-state index in [4.69, 9.17) is 9.47 Å². The van der Waals surface area contributed by atoms with Gasteiger partial charge in [0.15, 0.2) is 11.5 Å². The minimum Gasteiger partial charge on any atom is -0.486 e. The van der Waals surface area contributed by atoms with Crippen LogP contribution in [0.25, 0.3) is 0 Å². The fourth-order valence-electron chi connectivity index (χ4n) is 2.43. The normalized spacial score (nSPS) is 15.1. The lowest BCUT2D eigenvalue weighted by molar-refractivity contribution is -0.118. The third kappa shape index (κ3) is 3.49. The lowest BCUT2D eigenvalue weighted by Gasteiger charge is -2.21. The van der Waals surface area contributed by atoms with Gasteiger partial charge in [0.1, 0.15) is 19.0 Å². The van der Waals surface area contributed by atoms with Gasteiger partial charge in [0.25, 0.3) is 0 Å². The Hall–Kier alpha value is -1.51. The molecule has 3 heteroatoms. The SMILES string of the molecule is CCC(=O)CCC(CC)c1ccc2c(c1)OCCO2. The molecule has 1 heterocycles. The van der Waals surface area contributed by atoms with Crippen molar-refractivity contribution in [2.24, 2.45) is 0 Å². The molecule has 1 unspecified atom stereocenters. The molecule has 0 saturated carbocycles. The summed E-state index contributed by atoms with van der Waals surface area (Å²) >= 11 is 0. The molecular weight excluding hydrogens is 240 g/mol. The van der Waals surface area contributed by atoms with E-state index in [9.17, 15) is 4.79 Å². The maximum absolute atomic E-state index is 11.5. The van der Waals surface area contributed by atoms with Crippen molar-refractivity contribution >= 4 is 5.78 Å². The van der Waals surface area contributed by atoms with E-state index in [1.54, 1.807) is 0 Å². The van der Waals surface area contributed by atoms with Gasteiger partial charge in [-0.05, 0) is 36.5 Å². The van der Waals surface area contributed by atoms with Crippen LogP contribution in [0, 0.1) is 0 Å². The van der Waals surface area contributed by atoms with Crippen molar-refractivity contribution in [2.75, 3.05) is 13.2 Å². The Morgan fingerprint density at radius 1 is 1.21 bits per heavy atom. The van der Waals surface area contributed by atoms with E-state index in [1.807, 2.05) is 13.0 Å². The van der Waals surface area contributed by atoms with Gasteiger partial charge in [-0.3, -0.25) is 4.79 Å². The van der Waals surface area contributed by atoms with Crippen LogP contribution in [0.3, 0.4) is 0 Å². The summed E-state index contributed by atoms with van der Waals surface area (Å²) in [5.41, 5.74) is 1.25. The first-order valence-corrected chi connectivity index (χ1v) is 7.15. The molecule has 1 aliphatic rings. The average Bonchev–Trinajstić information content (AvgIpc) is 2.47. The third-order valence-corrected chi connectivity index (χ3v) is 3.70. The van der Waals surface area contributed by atoms with Gasteiger partial charge in [-0.15, -0.1) is 0 Å². The monoisotopic (exact) mass is 262 g/mol. The smallest absolute Gasteiger partial charge is 0.161 e. The number of hydrogen-bond donors (Lipinski definition) is 0. The van der Waals surface area contributed by atoms with E-state index >= 15 is 0 Å². The Kier molecular flexibility index (Phi) is 4.83. The number of ketones is 1. The van der Waals surface area contributed by atoms with Crippen LogP contribution in [0.15, 0.2) is 18.2 Å². The van der Waals surface area contributed by atoms with Crippen molar-refractivity contribution in [1.29, 1.82) is 0 Å². The number of ether oxygens (including phenoxy) is 2. The number of carbonyl (C=O) groups is 1. The number of rotatable bonds is 6. The van der Waals surface area contributed by atoms with E-state index < -0.39 is 0 Å². The number of fused-ring (bicyclic) bond motifs is 1. The van der Waals surface area contributed by atoms with Crippen molar-refractivity contribution in [2.45, 2.75) is 45.4 Å². The largest absolute Gasteiger partial charge is 0.486 e.